The van der Waals surface area contributed by atoms with Crippen LogP contribution >= 0.6 is 11.3 Å². The predicted molar refractivity (Wildman–Crippen MR) is 125 cm³/mol. The number of carbonyl (C=O) groups excluding carboxylic acids is 1. The van der Waals surface area contributed by atoms with Gasteiger partial charge in [-0.1, -0.05) is 29.5 Å². The van der Waals surface area contributed by atoms with Crippen LogP contribution in [0.1, 0.15) is 12.8 Å². The van der Waals surface area contributed by atoms with Gasteiger partial charge >= 0.3 is 0 Å². The van der Waals surface area contributed by atoms with Crippen molar-refractivity contribution in [2.24, 2.45) is 10.9 Å². The summed E-state index contributed by atoms with van der Waals surface area (Å²) in [6, 6.07) is 14.2. The minimum Gasteiger partial charge on any atom is -0.497 e. The summed E-state index contributed by atoms with van der Waals surface area (Å²) in [5, 5.41) is 0. The molecule has 0 aliphatic carbocycles. The molecule has 0 radical (unpaired) electrons. The van der Waals surface area contributed by atoms with Crippen molar-refractivity contribution in [2.45, 2.75) is 24.3 Å². The van der Waals surface area contributed by atoms with Crippen LogP contribution in [0.25, 0.3) is 10.2 Å². The summed E-state index contributed by atoms with van der Waals surface area (Å²) in [6.45, 7) is 4.86. The zero-order chi connectivity index (χ0) is 22.7. The molecule has 1 fully saturated rings. The molecule has 0 bridgehead atoms. The number of amides is 1. The van der Waals surface area contributed by atoms with Gasteiger partial charge in [0.2, 0.25) is 10.0 Å². The lowest BCUT2D eigenvalue weighted by Crippen LogP contribution is -2.42. The standard InChI is InChI=1S/C23H25N3O4S2/c1-3-14-26-20-8-4-5-9-21(20)31-23(26)24-22(27)17-7-6-15-25(16-17)32(28,29)19-12-10-18(30-2)11-13-19/h3-5,8-13,17H,1,6-7,14-16H2,2H3. The van der Waals surface area contributed by atoms with Crippen LogP contribution in [0.15, 0.2) is 71.1 Å². The maximum absolute atomic E-state index is 13.1. The van der Waals surface area contributed by atoms with Crippen molar-refractivity contribution in [1.82, 2.24) is 8.87 Å². The molecule has 1 atom stereocenters. The van der Waals surface area contributed by atoms with E-state index in [1.807, 2.05) is 28.8 Å². The van der Waals surface area contributed by atoms with Gasteiger partial charge in [0.05, 0.1) is 28.1 Å². The number of aromatic nitrogens is 1. The first kappa shape index (κ1) is 22.4. The monoisotopic (exact) mass is 471 g/mol. The highest BCUT2D eigenvalue weighted by molar-refractivity contribution is 7.89. The molecule has 2 heterocycles. The van der Waals surface area contributed by atoms with Crippen LogP contribution in [0.3, 0.4) is 0 Å². The Morgan fingerprint density at radius 2 is 2.00 bits per heavy atom. The molecule has 32 heavy (non-hydrogen) atoms. The van der Waals surface area contributed by atoms with E-state index in [0.29, 0.717) is 36.5 Å². The van der Waals surface area contributed by atoms with Crippen molar-refractivity contribution in [3.63, 3.8) is 0 Å². The van der Waals surface area contributed by atoms with Gasteiger partial charge < -0.3 is 9.30 Å². The SMILES string of the molecule is C=CCn1c(=NC(=O)C2CCCN(S(=O)(=O)c3ccc(OC)cc3)C2)sc2ccccc21. The van der Waals surface area contributed by atoms with Gasteiger partial charge in [-0.3, -0.25) is 4.79 Å². The number of nitrogens with zero attached hydrogens (tertiary/aromatic N) is 3. The molecular formula is C23H25N3O4S2. The molecule has 7 nitrogen and oxygen atoms in total. The third-order valence-electron chi connectivity index (χ3n) is 5.54. The Hall–Kier alpha value is -2.75. The van der Waals surface area contributed by atoms with E-state index in [-0.39, 0.29) is 17.3 Å². The van der Waals surface area contributed by atoms with Crippen LogP contribution in [-0.4, -0.2) is 43.4 Å². The number of fused-ring (bicyclic) bond motifs is 1. The number of hydrogen-bond donors (Lipinski definition) is 0. The Morgan fingerprint density at radius 3 is 2.72 bits per heavy atom. The summed E-state index contributed by atoms with van der Waals surface area (Å²) in [5.41, 5.74) is 0.997. The molecule has 0 saturated carbocycles. The molecule has 0 N–H and O–H groups in total. The van der Waals surface area contributed by atoms with Gasteiger partial charge in [-0.2, -0.15) is 9.30 Å². The van der Waals surface area contributed by atoms with Crippen LogP contribution in [-0.2, 0) is 21.4 Å². The first-order valence-corrected chi connectivity index (χ1v) is 12.6. The number of ether oxygens (including phenoxy) is 1. The van der Waals surface area contributed by atoms with Gasteiger partial charge in [0.15, 0.2) is 4.80 Å². The molecule has 1 unspecified atom stereocenters. The van der Waals surface area contributed by atoms with Crippen molar-refractivity contribution in [3.05, 3.63) is 66.0 Å². The van der Waals surface area contributed by atoms with Crippen LogP contribution in [0.2, 0.25) is 0 Å². The number of methoxy groups -OCH3 is 1. The minimum atomic E-state index is -3.70. The Bertz CT molecular complexity index is 1310. The smallest absolute Gasteiger partial charge is 0.252 e. The molecular weight excluding hydrogens is 446 g/mol. The molecule has 3 aromatic rings. The normalized spacial score (nSPS) is 18.0. The number of benzene rings is 2. The van der Waals surface area contributed by atoms with Crippen molar-refractivity contribution in [2.75, 3.05) is 20.2 Å². The lowest BCUT2D eigenvalue weighted by molar-refractivity contribution is -0.122. The van der Waals surface area contributed by atoms with E-state index in [4.69, 9.17) is 4.74 Å². The van der Waals surface area contributed by atoms with E-state index in [9.17, 15) is 13.2 Å². The number of carbonyl (C=O) groups is 1. The maximum Gasteiger partial charge on any atom is 0.252 e. The van der Waals surface area contributed by atoms with E-state index in [1.165, 1.54) is 34.9 Å². The summed E-state index contributed by atoms with van der Waals surface area (Å²) >= 11 is 1.45. The number of thiazole rings is 1. The molecule has 4 rings (SSSR count). The lowest BCUT2D eigenvalue weighted by atomic mass is 9.99. The molecule has 1 aromatic heterocycles. The fraction of sp³-hybridized carbons (Fsp3) is 0.304. The van der Waals surface area contributed by atoms with Crippen LogP contribution < -0.4 is 9.54 Å². The molecule has 9 heteroatoms. The second-order valence-corrected chi connectivity index (χ2v) is 10.5. The second kappa shape index (κ2) is 9.40. The first-order valence-electron chi connectivity index (χ1n) is 10.4. The van der Waals surface area contributed by atoms with E-state index >= 15 is 0 Å². The number of rotatable bonds is 6. The molecule has 0 spiro atoms. The number of para-hydroxylation sites is 1. The van der Waals surface area contributed by atoms with Gasteiger partial charge in [0.25, 0.3) is 5.91 Å². The average molecular weight is 472 g/mol. The maximum atomic E-state index is 13.1. The number of piperidine rings is 1. The van der Waals surface area contributed by atoms with Crippen molar-refractivity contribution in [1.29, 1.82) is 0 Å². The first-order chi connectivity index (χ1) is 15.4. The molecule has 1 amide bonds. The van der Waals surface area contributed by atoms with Crippen molar-refractivity contribution in [3.8, 4) is 5.75 Å². The Labute approximate surface area is 191 Å². The molecule has 1 saturated heterocycles. The molecule has 168 valence electrons. The molecule has 1 aliphatic heterocycles. The minimum absolute atomic E-state index is 0.128. The summed E-state index contributed by atoms with van der Waals surface area (Å²) in [7, 11) is -2.16. The lowest BCUT2D eigenvalue weighted by Gasteiger charge is -2.30. The largest absolute Gasteiger partial charge is 0.497 e. The fourth-order valence-electron chi connectivity index (χ4n) is 3.86. The average Bonchev–Trinajstić information content (AvgIpc) is 3.16. The van der Waals surface area contributed by atoms with Crippen LogP contribution in [0.4, 0.5) is 0 Å². The highest BCUT2D eigenvalue weighted by Gasteiger charge is 2.33. The second-order valence-electron chi connectivity index (χ2n) is 7.58. The van der Waals surface area contributed by atoms with E-state index in [0.717, 1.165) is 10.2 Å². The van der Waals surface area contributed by atoms with Gasteiger partial charge in [-0.15, -0.1) is 6.58 Å². The van der Waals surface area contributed by atoms with E-state index in [1.54, 1.807) is 18.2 Å². The molecule has 2 aromatic carbocycles. The summed E-state index contributed by atoms with van der Waals surface area (Å²) in [5.74, 6) is -0.172. The highest BCUT2D eigenvalue weighted by Crippen LogP contribution is 2.26. The van der Waals surface area contributed by atoms with Crippen LogP contribution in [0.5, 0.6) is 5.75 Å². The predicted octanol–water partition coefficient (Wildman–Crippen LogP) is 3.43. The van der Waals surface area contributed by atoms with Crippen LogP contribution in [0, 0.1) is 5.92 Å². The third-order valence-corrected chi connectivity index (χ3v) is 8.48. The number of allylic oxidation sites excluding steroid dienone is 1. The summed E-state index contributed by atoms with van der Waals surface area (Å²) in [4.78, 5) is 18.3. The summed E-state index contributed by atoms with van der Waals surface area (Å²) in [6.07, 6.45) is 3.00. The summed E-state index contributed by atoms with van der Waals surface area (Å²) < 4.78 is 35.7. The third kappa shape index (κ3) is 4.41. The number of sulfonamides is 1. The zero-order valence-corrected chi connectivity index (χ0v) is 19.4. The van der Waals surface area contributed by atoms with Gasteiger partial charge in [0.1, 0.15) is 5.75 Å². The van der Waals surface area contributed by atoms with Gasteiger partial charge in [0, 0.05) is 19.6 Å². The highest BCUT2D eigenvalue weighted by atomic mass is 32.2. The van der Waals surface area contributed by atoms with E-state index in [2.05, 4.69) is 11.6 Å². The Balaban J connectivity index is 1.59. The van der Waals surface area contributed by atoms with E-state index < -0.39 is 15.9 Å². The van der Waals surface area contributed by atoms with Crippen molar-refractivity contribution < 1.29 is 17.9 Å². The Morgan fingerprint density at radius 1 is 1.25 bits per heavy atom. The van der Waals surface area contributed by atoms with Gasteiger partial charge in [-0.25, -0.2) is 8.42 Å². The van der Waals surface area contributed by atoms with Crippen molar-refractivity contribution >= 4 is 37.5 Å². The topological polar surface area (TPSA) is 81.0 Å². The zero-order valence-electron chi connectivity index (χ0n) is 17.8. The Kier molecular flexibility index (Phi) is 6.59. The molecule has 1 aliphatic rings. The van der Waals surface area contributed by atoms with Gasteiger partial charge in [-0.05, 0) is 49.2 Å². The number of hydrogen-bond acceptors (Lipinski definition) is 5. The fourth-order valence-corrected chi connectivity index (χ4v) is 6.42. The quantitative estimate of drug-likeness (QED) is 0.516.